The quantitative estimate of drug-likeness (QED) is 0.869. The predicted molar refractivity (Wildman–Crippen MR) is 93.8 cm³/mol. The highest BCUT2D eigenvalue weighted by Crippen LogP contribution is 2.34. The molecule has 0 spiro atoms. The Morgan fingerprint density at radius 3 is 2.54 bits per heavy atom. The topological polar surface area (TPSA) is 30.3 Å². The molecular formula is C20H25N3O. The third-order valence-corrected chi connectivity index (χ3v) is 5.97. The predicted octanol–water partition coefficient (Wildman–Crippen LogP) is 3.22. The fourth-order valence-electron chi connectivity index (χ4n) is 4.62. The number of fused-ring (bicyclic) bond motifs is 4. The first-order chi connectivity index (χ1) is 11.9. The Labute approximate surface area is 143 Å². The summed E-state index contributed by atoms with van der Waals surface area (Å²) >= 11 is 0. The van der Waals surface area contributed by atoms with Crippen LogP contribution in [0.2, 0.25) is 0 Å². The SMILES string of the molecule is c1ccc(-n2c(OC3CN4CCC3CC4)nc3c2CCCC3)cc1. The smallest absolute Gasteiger partial charge is 0.301 e. The van der Waals surface area contributed by atoms with Gasteiger partial charge in [-0.15, -0.1) is 0 Å². The number of rotatable bonds is 3. The van der Waals surface area contributed by atoms with E-state index in [9.17, 15) is 0 Å². The average molecular weight is 323 g/mol. The van der Waals surface area contributed by atoms with Gasteiger partial charge in [-0.2, -0.15) is 4.98 Å². The van der Waals surface area contributed by atoms with Gasteiger partial charge in [0.25, 0.3) is 0 Å². The van der Waals surface area contributed by atoms with Crippen LogP contribution in [-0.2, 0) is 12.8 Å². The minimum atomic E-state index is 0.304. The lowest BCUT2D eigenvalue weighted by atomic mass is 9.86. The van der Waals surface area contributed by atoms with Crippen molar-refractivity contribution in [2.45, 2.75) is 44.6 Å². The molecule has 24 heavy (non-hydrogen) atoms. The molecule has 1 atom stereocenters. The van der Waals surface area contributed by atoms with Gasteiger partial charge in [0.1, 0.15) is 6.10 Å². The Morgan fingerprint density at radius 1 is 1.00 bits per heavy atom. The van der Waals surface area contributed by atoms with Crippen LogP contribution in [0, 0.1) is 5.92 Å². The second-order valence-electron chi connectivity index (χ2n) is 7.46. The number of piperidine rings is 3. The molecule has 3 saturated heterocycles. The summed E-state index contributed by atoms with van der Waals surface area (Å²) in [5.74, 6) is 0.702. The van der Waals surface area contributed by atoms with E-state index in [0.29, 0.717) is 12.0 Å². The van der Waals surface area contributed by atoms with Crippen molar-refractivity contribution >= 4 is 0 Å². The largest absolute Gasteiger partial charge is 0.459 e. The van der Waals surface area contributed by atoms with E-state index in [0.717, 1.165) is 25.4 Å². The molecule has 1 unspecified atom stereocenters. The lowest BCUT2D eigenvalue weighted by Crippen LogP contribution is -2.52. The summed E-state index contributed by atoms with van der Waals surface area (Å²) in [5.41, 5.74) is 3.80. The van der Waals surface area contributed by atoms with E-state index >= 15 is 0 Å². The van der Waals surface area contributed by atoms with E-state index in [4.69, 9.17) is 9.72 Å². The minimum Gasteiger partial charge on any atom is -0.459 e. The highest BCUT2D eigenvalue weighted by atomic mass is 16.5. The molecule has 2 aromatic rings. The Bertz CT molecular complexity index is 716. The number of hydrogen-bond acceptors (Lipinski definition) is 3. The van der Waals surface area contributed by atoms with Crippen molar-refractivity contribution < 1.29 is 4.74 Å². The fourth-order valence-corrected chi connectivity index (χ4v) is 4.62. The molecule has 4 heterocycles. The van der Waals surface area contributed by atoms with Crippen LogP contribution < -0.4 is 4.74 Å². The second-order valence-corrected chi connectivity index (χ2v) is 7.46. The van der Waals surface area contributed by atoms with Crippen molar-refractivity contribution in [3.8, 4) is 11.7 Å². The first-order valence-corrected chi connectivity index (χ1v) is 9.43. The number of aromatic nitrogens is 2. The lowest BCUT2D eigenvalue weighted by Gasteiger charge is -2.44. The Balaban J connectivity index is 1.52. The van der Waals surface area contributed by atoms with Crippen molar-refractivity contribution in [1.29, 1.82) is 0 Å². The van der Waals surface area contributed by atoms with E-state index in [1.165, 1.54) is 55.8 Å². The van der Waals surface area contributed by atoms with Gasteiger partial charge in [0, 0.05) is 12.2 Å². The molecule has 0 saturated carbocycles. The number of nitrogens with zero attached hydrogens (tertiary/aromatic N) is 3. The highest BCUT2D eigenvalue weighted by Gasteiger charge is 2.37. The van der Waals surface area contributed by atoms with Gasteiger partial charge in [-0.05, 0) is 69.7 Å². The summed E-state index contributed by atoms with van der Waals surface area (Å²) in [4.78, 5) is 7.47. The molecule has 4 nitrogen and oxygen atoms in total. The fraction of sp³-hybridized carbons (Fsp3) is 0.550. The van der Waals surface area contributed by atoms with Crippen LogP contribution in [-0.4, -0.2) is 40.2 Å². The molecule has 3 fully saturated rings. The molecule has 0 radical (unpaired) electrons. The maximum absolute atomic E-state index is 6.54. The number of hydrogen-bond donors (Lipinski definition) is 0. The van der Waals surface area contributed by atoms with Crippen molar-refractivity contribution in [2.24, 2.45) is 5.92 Å². The van der Waals surface area contributed by atoms with Crippen molar-refractivity contribution in [1.82, 2.24) is 14.5 Å². The lowest BCUT2D eigenvalue weighted by molar-refractivity contribution is -0.0131. The van der Waals surface area contributed by atoms with E-state index in [1.807, 2.05) is 0 Å². The summed E-state index contributed by atoms with van der Waals surface area (Å²) in [6.07, 6.45) is 7.56. The summed E-state index contributed by atoms with van der Waals surface area (Å²) in [7, 11) is 0. The van der Waals surface area contributed by atoms with Crippen LogP contribution in [0.15, 0.2) is 30.3 Å². The zero-order valence-electron chi connectivity index (χ0n) is 14.2. The molecule has 1 aliphatic carbocycles. The van der Waals surface area contributed by atoms with Crippen LogP contribution in [0.3, 0.4) is 0 Å². The molecule has 3 aliphatic heterocycles. The maximum atomic E-state index is 6.54. The number of aryl methyl sites for hydroxylation is 1. The van der Waals surface area contributed by atoms with Crippen molar-refractivity contribution in [3.63, 3.8) is 0 Å². The third kappa shape index (κ3) is 2.44. The van der Waals surface area contributed by atoms with Gasteiger partial charge < -0.3 is 4.74 Å². The molecule has 1 aromatic carbocycles. The van der Waals surface area contributed by atoms with Gasteiger partial charge in [-0.1, -0.05) is 18.2 Å². The molecule has 0 N–H and O–H groups in total. The van der Waals surface area contributed by atoms with Gasteiger partial charge in [-0.25, -0.2) is 0 Å². The molecule has 4 heteroatoms. The summed E-state index contributed by atoms with van der Waals surface area (Å²) in [6.45, 7) is 3.55. The maximum Gasteiger partial charge on any atom is 0.301 e. The number of benzene rings is 1. The van der Waals surface area contributed by atoms with Gasteiger partial charge in [0.2, 0.25) is 0 Å². The molecule has 6 rings (SSSR count). The molecule has 126 valence electrons. The van der Waals surface area contributed by atoms with Crippen LogP contribution in [0.4, 0.5) is 0 Å². The number of ether oxygens (including phenoxy) is 1. The van der Waals surface area contributed by atoms with Crippen LogP contribution >= 0.6 is 0 Å². The Morgan fingerprint density at radius 2 is 1.79 bits per heavy atom. The monoisotopic (exact) mass is 323 g/mol. The Kier molecular flexibility index (Phi) is 3.58. The van der Waals surface area contributed by atoms with E-state index in [-0.39, 0.29) is 0 Å². The number of para-hydroxylation sites is 1. The van der Waals surface area contributed by atoms with Crippen LogP contribution in [0.5, 0.6) is 6.01 Å². The third-order valence-electron chi connectivity index (χ3n) is 5.97. The Hall–Kier alpha value is -1.81. The van der Waals surface area contributed by atoms with Gasteiger partial charge >= 0.3 is 6.01 Å². The van der Waals surface area contributed by atoms with E-state index in [1.54, 1.807) is 0 Å². The summed E-state index contributed by atoms with van der Waals surface area (Å²) < 4.78 is 8.82. The minimum absolute atomic E-state index is 0.304. The molecule has 1 aromatic heterocycles. The normalized spacial score (nSPS) is 28.6. The molecular weight excluding hydrogens is 298 g/mol. The second kappa shape index (κ2) is 5.92. The van der Waals surface area contributed by atoms with Crippen LogP contribution in [0.1, 0.15) is 37.1 Å². The molecule has 2 bridgehead atoms. The van der Waals surface area contributed by atoms with Gasteiger partial charge in [0.05, 0.1) is 11.4 Å². The standard InChI is InChI=1S/C20H25N3O/c1-2-6-16(7-3-1)23-18-9-5-4-8-17(18)21-20(23)24-19-14-22-12-10-15(19)11-13-22/h1-3,6-7,15,19H,4-5,8-14H2. The van der Waals surface area contributed by atoms with Gasteiger partial charge in [0.15, 0.2) is 0 Å². The zero-order valence-corrected chi connectivity index (χ0v) is 14.2. The highest BCUT2D eigenvalue weighted by molar-refractivity contribution is 5.40. The first kappa shape index (κ1) is 14.5. The van der Waals surface area contributed by atoms with Crippen molar-refractivity contribution in [3.05, 3.63) is 41.7 Å². The summed E-state index contributed by atoms with van der Waals surface area (Å²) in [5, 5.41) is 0. The summed E-state index contributed by atoms with van der Waals surface area (Å²) in [6, 6.07) is 11.4. The van der Waals surface area contributed by atoms with E-state index in [2.05, 4.69) is 39.8 Å². The van der Waals surface area contributed by atoms with Crippen LogP contribution in [0.25, 0.3) is 5.69 Å². The van der Waals surface area contributed by atoms with Crippen molar-refractivity contribution in [2.75, 3.05) is 19.6 Å². The number of imidazole rings is 1. The average Bonchev–Trinajstić information content (AvgIpc) is 3.01. The molecule has 4 aliphatic rings. The zero-order chi connectivity index (χ0) is 15.9. The van der Waals surface area contributed by atoms with E-state index < -0.39 is 0 Å². The van der Waals surface area contributed by atoms with Gasteiger partial charge in [-0.3, -0.25) is 9.47 Å². The molecule has 0 amide bonds. The first-order valence-electron chi connectivity index (χ1n) is 9.43.